The van der Waals surface area contributed by atoms with Gasteiger partial charge in [-0.2, -0.15) is 0 Å². The van der Waals surface area contributed by atoms with Gasteiger partial charge in [0.1, 0.15) is 0 Å². The maximum atomic E-state index is 12.1. The van der Waals surface area contributed by atoms with Gasteiger partial charge in [0, 0.05) is 12.0 Å². The number of rotatable bonds is 4. The molecule has 0 unspecified atom stereocenters. The quantitative estimate of drug-likeness (QED) is 0.788. The number of nitrogens with two attached hydrogens (primary N) is 1. The lowest BCUT2D eigenvalue weighted by Crippen LogP contribution is -2.39. The zero-order valence-corrected chi connectivity index (χ0v) is 9.83. The van der Waals surface area contributed by atoms with E-state index in [4.69, 9.17) is 5.73 Å². The molecule has 1 aromatic rings. The van der Waals surface area contributed by atoms with Crippen LogP contribution < -0.4 is 5.73 Å². The molecular weight excluding hydrogens is 198 g/mol. The van der Waals surface area contributed by atoms with E-state index in [0.717, 1.165) is 24.0 Å². The fraction of sp³-hybridized carbons (Fsp3) is 0.500. The van der Waals surface area contributed by atoms with Crippen molar-refractivity contribution < 1.29 is 4.79 Å². The van der Waals surface area contributed by atoms with Crippen LogP contribution in [0.25, 0.3) is 0 Å². The van der Waals surface area contributed by atoms with Crippen LogP contribution in [-0.4, -0.2) is 12.3 Å². The second-order valence-electron chi connectivity index (χ2n) is 5.03. The van der Waals surface area contributed by atoms with Crippen molar-refractivity contribution in [2.75, 3.05) is 6.54 Å². The molecule has 86 valence electrons. The van der Waals surface area contributed by atoms with Crippen molar-refractivity contribution in [2.45, 2.75) is 32.6 Å². The summed E-state index contributed by atoms with van der Waals surface area (Å²) in [6, 6.07) is 7.82. The van der Waals surface area contributed by atoms with Crippen LogP contribution in [0.5, 0.6) is 0 Å². The van der Waals surface area contributed by atoms with Crippen molar-refractivity contribution in [2.24, 2.45) is 11.1 Å². The lowest BCUT2D eigenvalue weighted by molar-refractivity contribution is 0.0786. The molecule has 1 aliphatic rings. The van der Waals surface area contributed by atoms with E-state index in [9.17, 15) is 4.79 Å². The lowest BCUT2D eigenvalue weighted by Gasteiger charge is -2.40. The number of carbonyl (C=O) groups is 1. The Morgan fingerprint density at radius 3 is 2.69 bits per heavy atom. The highest BCUT2D eigenvalue weighted by Gasteiger charge is 2.37. The van der Waals surface area contributed by atoms with E-state index in [1.165, 1.54) is 6.42 Å². The maximum absolute atomic E-state index is 12.1. The van der Waals surface area contributed by atoms with Gasteiger partial charge in [-0.15, -0.1) is 0 Å². The average molecular weight is 217 g/mol. The van der Waals surface area contributed by atoms with Gasteiger partial charge >= 0.3 is 0 Å². The Labute approximate surface area is 96.8 Å². The summed E-state index contributed by atoms with van der Waals surface area (Å²) in [7, 11) is 0. The van der Waals surface area contributed by atoms with Gasteiger partial charge in [-0.3, -0.25) is 4.79 Å². The molecule has 2 nitrogen and oxygen atoms in total. The fourth-order valence-electron chi connectivity index (χ4n) is 2.39. The van der Waals surface area contributed by atoms with E-state index in [1.807, 2.05) is 31.2 Å². The molecule has 1 aliphatic carbocycles. The molecule has 0 heterocycles. The molecular formula is C14H19NO. The predicted octanol–water partition coefficient (Wildman–Crippen LogP) is 2.70. The van der Waals surface area contributed by atoms with Crippen LogP contribution >= 0.6 is 0 Å². The molecule has 0 saturated heterocycles. The number of aryl methyl sites for hydroxylation is 1. The molecule has 2 rings (SSSR count). The number of hydrogen-bond acceptors (Lipinski definition) is 2. The van der Waals surface area contributed by atoms with Gasteiger partial charge in [-0.1, -0.05) is 30.2 Å². The molecule has 0 aromatic heterocycles. The maximum Gasteiger partial charge on any atom is 0.163 e. The van der Waals surface area contributed by atoms with Crippen LogP contribution in [0.15, 0.2) is 24.3 Å². The van der Waals surface area contributed by atoms with E-state index < -0.39 is 0 Å². The Balaban J connectivity index is 2.08. The number of benzene rings is 1. The monoisotopic (exact) mass is 217 g/mol. The zero-order valence-electron chi connectivity index (χ0n) is 9.83. The van der Waals surface area contributed by atoms with Gasteiger partial charge in [0.25, 0.3) is 0 Å². The van der Waals surface area contributed by atoms with Crippen LogP contribution in [0.1, 0.15) is 41.6 Å². The number of ketones is 1. The summed E-state index contributed by atoms with van der Waals surface area (Å²) >= 11 is 0. The summed E-state index contributed by atoms with van der Waals surface area (Å²) in [4.78, 5) is 12.1. The Morgan fingerprint density at radius 2 is 2.19 bits per heavy atom. The highest BCUT2D eigenvalue weighted by molar-refractivity contribution is 5.96. The molecule has 16 heavy (non-hydrogen) atoms. The second kappa shape index (κ2) is 4.38. The van der Waals surface area contributed by atoms with Crippen LogP contribution in [0.2, 0.25) is 0 Å². The van der Waals surface area contributed by atoms with Crippen LogP contribution in [0.4, 0.5) is 0 Å². The summed E-state index contributed by atoms with van der Waals surface area (Å²) < 4.78 is 0. The molecule has 1 aromatic carbocycles. The molecule has 0 aliphatic heterocycles. The van der Waals surface area contributed by atoms with E-state index in [0.29, 0.717) is 13.0 Å². The summed E-state index contributed by atoms with van der Waals surface area (Å²) in [5.41, 5.74) is 7.86. The highest BCUT2D eigenvalue weighted by atomic mass is 16.1. The molecule has 1 saturated carbocycles. The number of hydrogen-bond donors (Lipinski definition) is 1. The normalized spacial score (nSPS) is 17.9. The minimum absolute atomic E-state index is 0.112. The first-order chi connectivity index (χ1) is 7.65. The van der Waals surface area contributed by atoms with Crippen molar-refractivity contribution in [1.29, 1.82) is 0 Å². The average Bonchev–Trinajstić information content (AvgIpc) is 2.23. The van der Waals surface area contributed by atoms with Gasteiger partial charge in [-0.25, -0.2) is 0 Å². The Bertz CT molecular complexity index is 388. The predicted molar refractivity (Wildman–Crippen MR) is 65.5 cm³/mol. The third-order valence-electron chi connectivity index (χ3n) is 3.72. The number of carbonyl (C=O) groups excluding carboxylic acids is 1. The number of Topliss-reactive ketones (excluding diaryl/α,β-unsaturated/α-hetero) is 1. The zero-order chi connectivity index (χ0) is 11.6. The first-order valence-electron chi connectivity index (χ1n) is 5.95. The van der Waals surface area contributed by atoms with Crippen molar-refractivity contribution >= 4 is 5.78 Å². The van der Waals surface area contributed by atoms with Crippen molar-refractivity contribution in [3.05, 3.63) is 35.4 Å². The SMILES string of the molecule is Cc1cccc(C(=O)CC2(CN)CCC2)c1. The molecule has 2 N–H and O–H groups in total. The minimum Gasteiger partial charge on any atom is -0.330 e. The second-order valence-corrected chi connectivity index (χ2v) is 5.03. The van der Waals surface area contributed by atoms with Crippen LogP contribution in [0, 0.1) is 12.3 Å². The molecule has 1 fully saturated rings. The third-order valence-corrected chi connectivity index (χ3v) is 3.72. The summed E-state index contributed by atoms with van der Waals surface area (Å²) in [5.74, 6) is 0.244. The van der Waals surface area contributed by atoms with Gasteiger partial charge in [0.05, 0.1) is 0 Å². The Kier molecular flexibility index (Phi) is 3.10. The van der Waals surface area contributed by atoms with E-state index in [1.54, 1.807) is 0 Å². The third kappa shape index (κ3) is 2.17. The van der Waals surface area contributed by atoms with E-state index in [2.05, 4.69) is 0 Å². The molecule has 0 atom stereocenters. The smallest absolute Gasteiger partial charge is 0.163 e. The topological polar surface area (TPSA) is 43.1 Å². The standard InChI is InChI=1S/C14H19NO/c1-11-4-2-5-12(8-11)13(16)9-14(10-15)6-3-7-14/h2,4-5,8H,3,6-7,9-10,15H2,1H3. The van der Waals surface area contributed by atoms with E-state index >= 15 is 0 Å². The molecule has 0 radical (unpaired) electrons. The van der Waals surface area contributed by atoms with Gasteiger partial charge in [0.15, 0.2) is 5.78 Å². The van der Waals surface area contributed by atoms with E-state index in [-0.39, 0.29) is 11.2 Å². The minimum atomic E-state index is 0.112. The van der Waals surface area contributed by atoms with Gasteiger partial charge < -0.3 is 5.73 Å². The molecule has 0 amide bonds. The van der Waals surface area contributed by atoms with Crippen molar-refractivity contribution in [3.63, 3.8) is 0 Å². The first-order valence-corrected chi connectivity index (χ1v) is 5.95. The summed E-state index contributed by atoms with van der Waals surface area (Å²) in [6.07, 6.45) is 4.06. The molecule has 2 heteroatoms. The Morgan fingerprint density at radius 1 is 1.44 bits per heavy atom. The summed E-state index contributed by atoms with van der Waals surface area (Å²) in [6.45, 7) is 2.66. The van der Waals surface area contributed by atoms with Crippen LogP contribution in [-0.2, 0) is 0 Å². The van der Waals surface area contributed by atoms with Gasteiger partial charge in [-0.05, 0) is 37.8 Å². The Hall–Kier alpha value is -1.15. The lowest BCUT2D eigenvalue weighted by atomic mass is 9.65. The highest BCUT2D eigenvalue weighted by Crippen LogP contribution is 2.43. The van der Waals surface area contributed by atoms with Crippen molar-refractivity contribution in [3.8, 4) is 0 Å². The fourth-order valence-corrected chi connectivity index (χ4v) is 2.39. The van der Waals surface area contributed by atoms with Crippen LogP contribution in [0.3, 0.4) is 0 Å². The summed E-state index contributed by atoms with van der Waals surface area (Å²) in [5, 5.41) is 0. The molecule has 0 bridgehead atoms. The first kappa shape index (κ1) is 11.3. The van der Waals surface area contributed by atoms with Crippen molar-refractivity contribution in [1.82, 2.24) is 0 Å². The van der Waals surface area contributed by atoms with Gasteiger partial charge in [0.2, 0.25) is 0 Å². The largest absolute Gasteiger partial charge is 0.330 e. The molecule has 0 spiro atoms.